The summed E-state index contributed by atoms with van der Waals surface area (Å²) in [5.41, 5.74) is 4.50. The van der Waals surface area contributed by atoms with E-state index in [0.717, 1.165) is 0 Å². The third-order valence-electron chi connectivity index (χ3n) is 4.15. The van der Waals surface area contributed by atoms with Crippen LogP contribution >= 0.6 is 7.82 Å². The predicted octanol–water partition coefficient (Wildman–Crippen LogP) is -1.67. The second-order valence-electron chi connectivity index (χ2n) is 5.48. The Balaban J connectivity index is 1.82. The number of hydrogen-bond donors (Lipinski definition) is 4. The van der Waals surface area contributed by atoms with Crippen molar-refractivity contribution in [3.8, 4) is 0 Å². The molecule has 12 nitrogen and oxygen atoms in total. The standard InChI is InChI=1S/C11H14N5O7P/c12-9-6-10(14-3-13-9)16(4-15-6)11(2-17)8(18)7-5(22-11)1-21-24(19,20)23-7/h3-5,7-8,17-18H,1-2H2,(H,19,20)(H2,12,13,14)/t5-,7-,8-,11-/m1/s1. The van der Waals surface area contributed by atoms with E-state index in [9.17, 15) is 19.7 Å². The molecule has 0 aromatic carbocycles. The number of nitrogens with zero attached hydrogens (tertiary/aromatic N) is 4. The number of anilines is 1. The molecule has 0 spiro atoms. The maximum Gasteiger partial charge on any atom is 0.472 e. The highest BCUT2D eigenvalue weighted by molar-refractivity contribution is 7.47. The second-order valence-corrected chi connectivity index (χ2v) is 6.89. The van der Waals surface area contributed by atoms with Crippen molar-refractivity contribution in [1.29, 1.82) is 0 Å². The van der Waals surface area contributed by atoms with Gasteiger partial charge in [0.15, 0.2) is 17.2 Å². The fraction of sp³-hybridized carbons (Fsp3) is 0.545. The number of phosphoric acid groups is 1. The quantitative estimate of drug-likeness (QED) is 0.451. The largest absolute Gasteiger partial charge is 0.472 e. The fourth-order valence-corrected chi connectivity index (χ4v) is 3.96. The summed E-state index contributed by atoms with van der Waals surface area (Å²) in [6.07, 6.45) is -1.02. The first kappa shape index (κ1) is 15.8. The average molecular weight is 359 g/mol. The van der Waals surface area contributed by atoms with Crippen LogP contribution in [-0.4, -0.2) is 66.2 Å². The van der Waals surface area contributed by atoms with Crippen LogP contribution in [0.15, 0.2) is 12.7 Å². The number of hydrogen-bond acceptors (Lipinski definition) is 10. The van der Waals surface area contributed by atoms with E-state index in [-0.39, 0.29) is 23.6 Å². The van der Waals surface area contributed by atoms with Crippen molar-refractivity contribution in [3.05, 3.63) is 12.7 Å². The summed E-state index contributed by atoms with van der Waals surface area (Å²) in [5, 5.41) is 20.6. The minimum atomic E-state index is -4.29. The minimum Gasteiger partial charge on any atom is -0.391 e. The lowest BCUT2D eigenvalue weighted by atomic mass is 10.0. The number of aliphatic hydroxyl groups excluding tert-OH is 2. The molecule has 4 heterocycles. The molecule has 2 aromatic rings. The first-order chi connectivity index (χ1) is 11.4. The summed E-state index contributed by atoms with van der Waals surface area (Å²) in [5.74, 6) is 0.121. The molecule has 2 fully saturated rings. The van der Waals surface area contributed by atoms with Crippen LogP contribution in [0.1, 0.15) is 0 Å². The zero-order chi connectivity index (χ0) is 17.1. The van der Waals surface area contributed by atoms with Crippen molar-refractivity contribution in [3.63, 3.8) is 0 Å². The van der Waals surface area contributed by atoms with Crippen LogP contribution in [0.2, 0.25) is 0 Å². The Morgan fingerprint density at radius 3 is 3.00 bits per heavy atom. The van der Waals surface area contributed by atoms with Gasteiger partial charge in [0.05, 0.1) is 19.5 Å². The zero-order valence-electron chi connectivity index (χ0n) is 12.1. The SMILES string of the molecule is Nc1ncnc2c1ncn2[C@]1(CO)O[C@@H]2COP(=O)(O)O[C@H]2[C@H]1O. The van der Waals surface area contributed by atoms with E-state index in [0.29, 0.717) is 0 Å². The normalized spacial score (nSPS) is 39.2. The molecule has 0 amide bonds. The molecule has 1 unspecified atom stereocenters. The maximum atomic E-state index is 11.6. The number of rotatable bonds is 2. The fourth-order valence-electron chi connectivity index (χ4n) is 3.00. The maximum absolute atomic E-state index is 11.6. The number of nitrogens with two attached hydrogens (primary N) is 1. The van der Waals surface area contributed by atoms with Crippen molar-refractivity contribution < 1.29 is 33.5 Å². The van der Waals surface area contributed by atoms with E-state index in [1.54, 1.807) is 0 Å². The summed E-state index contributed by atoms with van der Waals surface area (Å²) in [6, 6.07) is 0. The first-order valence-electron chi connectivity index (χ1n) is 6.94. The summed E-state index contributed by atoms with van der Waals surface area (Å²) in [4.78, 5) is 21.4. The predicted molar refractivity (Wildman–Crippen MR) is 76.3 cm³/mol. The van der Waals surface area contributed by atoms with Crippen LogP contribution in [0.3, 0.4) is 0 Å². The van der Waals surface area contributed by atoms with Crippen molar-refractivity contribution in [2.45, 2.75) is 24.0 Å². The van der Waals surface area contributed by atoms with Crippen LogP contribution in [0, 0.1) is 0 Å². The minimum absolute atomic E-state index is 0.121. The molecule has 2 saturated heterocycles. The summed E-state index contributed by atoms with van der Waals surface area (Å²) < 4.78 is 28.2. The van der Waals surface area contributed by atoms with Gasteiger partial charge in [0.1, 0.15) is 30.2 Å². The van der Waals surface area contributed by atoms with Crippen LogP contribution < -0.4 is 5.73 Å². The smallest absolute Gasteiger partial charge is 0.391 e. The number of ether oxygens (including phenoxy) is 1. The third-order valence-corrected chi connectivity index (χ3v) is 5.13. The Bertz CT molecular complexity index is 845. The lowest BCUT2D eigenvalue weighted by Gasteiger charge is -2.31. The van der Waals surface area contributed by atoms with Crippen LogP contribution in [0.25, 0.3) is 11.2 Å². The molecular weight excluding hydrogens is 345 g/mol. The Morgan fingerprint density at radius 1 is 1.46 bits per heavy atom. The molecule has 0 radical (unpaired) electrons. The average Bonchev–Trinajstić information content (AvgIpc) is 3.09. The van der Waals surface area contributed by atoms with Gasteiger partial charge in [0.2, 0.25) is 0 Å². The topological polar surface area (TPSA) is 175 Å². The van der Waals surface area contributed by atoms with Crippen molar-refractivity contribution >= 4 is 24.8 Å². The Kier molecular flexibility index (Phi) is 3.41. The van der Waals surface area contributed by atoms with Crippen molar-refractivity contribution in [2.75, 3.05) is 18.9 Å². The first-order valence-corrected chi connectivity index (χ1v) is 8.44. The molecule has 130 valence electrons. The lowest BCUT2D eigenvalue weighted by Crippen LogP contribution is -2.49. The van der Waals surface area contributed by atoms with Crippen LogP contribution in [-0.2, 0) is 24.1 Å². The monoisotopic (exact) mass is 359 g/mol. The van der Waals surface area contributed by atoms with E-state index in [2.05, 4.69) is 19.5 Å². The molecule has 24 heavy (non-hydrogen) atoms. The van der Waals surface area contributed by atoms with E-state index in [4.69, 9.17) is 15.0 Å². The molecule has 5 atom stereocenters. The van der Waals surface area contributed by atoms with Gasteiger partial charge in [-0.1, -0.05) is 0 Å². The van der Waals surface area contributed by atoms with Crippen LogP contribution in [0.5, 0.6) is 0 Å². The molecule has 2 aliphatic heterocycles. The molecule has 13 heteroatoms. The number of nitrogen functional groups attached to an aromatic ring is 1. The Labute approximate surface area is 134 Å². The molecule has 2 aliphatic rings. The highest BCUT2D eigenvalue weighted by Gasteiger charge is 2.60. The van der Waals surface area contributed by atoms with Crippen molar-refractivity contribution in [1.82, 2.24) is 19.5 Å². The van der Waals surface area contributed by atoms with Gasteiger partial charge < -0.3 is 25.6 Å². The van der Waals surface area contributed by atoms with Gasteiger partial charge >= 0.3 is 7.82 Å². The molecule has 4 rings (SSSR count). The van der Waals surface area contributed by atoms with Crippen molar-refractivity contribution in [2.24, 2.45) is 0 Å². The van der Waals surface area contributed by atoms with E-state index in [1.807, 2.05) is 0 Å². The molecular formula is C11H14N5O7P. The molecule has 2 aromatic heterocycles. The number of fused-ring (bicyclic) bond motifs is 2. The van der Waals surface area contributed by atoms with Gasteiger partial charge in [-0.25, -0.2) is 19.5 Å². The molecule has 0 saturated carbocycles. The number of aliphatic hydroxyl groups is 2. The van der Waals surface area contributed by atoms with Gasteiger partial charge in [-0.2, -0.15) is 0 Å². The van der Waals surface area contributed by atoms with E-state index >= 15 is 0 Å². The van der Waals surface area contributed by atoms with Gasteiger partial charge in [0.25, 0.3) is 0 Å². The highest BCUT2D eigenvalue weighted by Crippen LogP contribution is 2.53. The Hall–Kier alpha value is -1.66. The molecule has 0 bridgehead atoms. The van der Waals surface area contributed by atoms with E-state index in [1.165, 1.54) is 17.2 Å². The number of aromatic nitrogens is 4. The summed E-state index contributed by atoms with van der Waals surface area (Å²) in [6.45, 7) is -0.948. The second kappa shape index (κ2) is 5.17. The van der Waals surface area contributed by atoms with Crippen LogP contribution in [0.4, 0.5) is 5.82 Å². The van der Waals surface area contributed by atoms with Gasteiger partial charge in [-0.05, 0) is 0 Å². The van der Waals surface area contributed by atoms with Gasteiger partial charge in [0, 0.05) is 0 Å². The number of phosphoric ester groups is 1. The highest BCUT2D eigenvalue weighted by atomic mass is 31.2. The summed E-state index contributed by atoms with van der Waals surface area (Å²) in [7, 11) is -4.29. The molecule has 5 N–H and O–H groups in total. The Morgan fingerprint density at radius 2 is 2.25 bits per heavy atom. The number of imidazole rings is 1. The van der Waals surface area contributed by atoms with E-state index < -0.39 is 38.5 Å². The van der Waals surface area contributed by atoms with Gasteiger partial charge in [-0.15, -0.1) is 0 Å². The third kappa shape index (κ3) is 2.09. The zero-order valence-corrected chi connectivity index (χ0v) is 13.0. The molecule has 0 aliphatic carbocycles. The summed E-state index contributed by atoms with van der Waals surface area (Å²) >= 11 is 0. The lowest BCUT2D eigenvalue weighted by molar-refractivity contribution is -0.168. The van der Waals surface area contributed by atoms with Gasteiger partial charge in [-0.3, -0.25) is 13.6 Å².